The van der Waals surface area contributed by atoms with Gasteiger partial charge >= 0.3 is 5.97 Å². The third-order valence-corrected chi connectivity index (χ3v) is 7.43. The van der Waals surface area contributed by atoms with Crippen molar-refractivity contribution in [1.82, 2.24) is 0 Å². The number of carboxylic acids is 1. The Morgan fingerprint density at radius 2 is 1.48 bits per heavy atom. The highest BCUT2D eigenvalue weighted by atomic mass is 32.2. The van der Waals surface area contributed by atoms with Gasteiger partial charge in [0.2, 0.25) is 0 Å². The van der Waals surface area contributed by atoms with Crippen molar-refractivity contribution in [2.24, 2.45) is 0 Å². The van der Waals surface area contributed by atoms with E-state index in [1.807, 2.05) is 60.7 Å². The van der Waals surface area contributed by atoms with E-state index in [0.717, 1.165) is 11.1 Å². The van der Waals surface area contributed by atoms with E-state index in [-0.39, 0.29) is 0 Å². The van der Waals surface area contributed by atoms with Gasteiger partial charge in [-0.2, -0.15) is 0 Å². The quantitative estimate of drug-likeness (QED) is 0.603. The number of benzene rings is 2. The number of aliphatic hydroxyl groups excluding tert-OH is 2. The van der Waals surface area contributed by atoms with Crippen LogP contribution in [0, 0.1) is 0 Å². The first-order valence-corrected chi connectivity index (χ1v) is 10.5. The monoisotopic (exact) mass is 412 g/mol. The Morgan fingerprint density at radius 1 is 0.966 bits per heavy atom. The number of aliphatic hydroxyl groups is 3. The van der Waals surface area contributed by atoms with Crippen molar-refractivity contribution in [3.05, 3.63) is 82.3 Å². The summed E-state index contributed by atoms with van der Waals surface area (Å²) < 4.78 is -0.457. The molecule has 0 bridgehead atoms. The smallest absolute Gasteiger partial charge is 0.340 e. The molecule has 0 radical (unpaired) electrons. The molecule has 2 aromatic rings. The second-order valence-corrected chi connectivity index (χ2v) is 9.52. The molecule has 0 aromatic heterocycles. The molecule has 1 heterocycles. The van der Waals surface area contributed by atoms with Gasteiger partial charge in [-0.15, -0.1) is 11.8 Å². The minimum Gasteiger partial charge on any atom is -0.479 e. The van der Waals surface area contributed by atoms with E-state index in [4.69, 9.17) is 0 Å². The molecule has 152 valence electrons. The average molecular weight is 413 g/mol. The van der Waals surface area contributed by atoms with Crippen molar-refractivity contribution in [3.63, 3.8) is 0 Å². The third kappa shape index (κ3) is 3.73. The number of carboxylic acid groups (broad SMARTS) is 1. The zero-order chi connectivity index (χ0) is 20.6. The summed E-state index contributed by atoms with van der Waals surface area (Å²) in [5, 5.41) is 41.5. The van der Waals surface area contributed by atoms with Crippen LogP contribution in [0.4, 0.5) is 0 Å². The largest absolute Gasteiger partial charge is 0.479 e. The fourth-order valence-corrected chi connectivity index (χ4v) is 6.26. The summed E-state index contributed by atoms with van der Waals surface area (Å²) >= 11 is 1.41. The van der Waals surface area contributed by atoms with E-state index in [1.165, 1.54) is 11.8 Å². The average Bonchev–Trinajstić information content (AvgIpc) is 3.08. The normalized spacial score (nSPS) is 28.2. The molecular formula is C23H24O5S. The standard InChI is InChI=1S/C23H24O5S/c24-18-14-23(28,21(26)27)17-13-22(29-20(17)19(18)25,11-15-7-3-1-4-8-15)12-16-9-5-2-6-10-16/h1-10,18-19,24-25,28H,11-14H2,(H,26,27)/t18-,19+,23-/m1/s1. The number of rotatable bonds is 5. The summed E-state index contributed by atoms with van der Waals surface area (Å²) in [6, 6.07) is 19.9. The van der Waals surface area contributed by atoms with Gasteiger partial charge in [0.05, 0.1) is 6.10 Å². The topological polar surface area (TPSA) is 98.0 Å². The molecule has 0 unspecified atom stereocenters. The van der Waals surface area contributed by atoms with Crippen LogP contribution in [0.25, 0.3) is 0 Å². The summed E-state index contributed by atoms with van der Waals surface area (Å²) in [4.78, 5) is 12.3. The van der Waals surface area contributed by atoms with Gasteiger partial charge in [0.15, 0.2) is 5.60 Å². The van der Waals surface area contributed by atoms with Gasteiger partial charge in [-0.25, -0.2) is 4.79 Å². The molecule has 2 aliphatic rings. The Labute approximate surface area is 173 Å². The molecule has 4 rings (SSSR count). The minimum atomic E-state index is -2.16. The molecule has 0 saturated heterocycles. The second kappa shape index (κ2) is 7.61. The van der Waals surface area contributed by atoms with Crippen LogP contribution in [-0.2, 0) is 17.6 Å². The molecule has 0 amide bonds. The maximum atomic E-state index is 11.9. The second-order valence-electron chi connectivity index (χ2n) is 8.01. The fraction of sp³-hybridized carbons (Fsp3) is 0.348. The van der Waals surface area contributed by atoms with E-state index < -0.39 is 34.9 Å². The van der Waals surface area contributed by atoms with Crippen molar-refractivity contribution in [3.8, 4) is 0 Å². The van der Waals surface area contributed by atoms with Crippen molar-refractivity contribution < 1.29 is 25.2 Å². The lowest BCUT2D eigenvalue weighted by Gasteiger charge is -2.35. The Kier molecular flexibility index (Phi) is 5.29. The molecule has 1 aliphatic carbocycles. The van der Waals surface area contributed by atoms with Gasteiger partial charge < -0.3 is 20.4 Å². The molecule has 4 N–H and O–H groups in total. The van der Waals surface area contributed by atoms with Crippen molar-refractivity contribution >= 4 is 17.7 Å². The zero-order valence-corrected chi connectivity index (χ0v) is 16.7. The molecule has 0 spiro atoms. The Balaban J connectivity index is 1.74. The van der Waals surface area contributed by atoms with Crippen LogP contribution in [0.3, 0.4) is 0 Å². The minimum absolute atomic E-state index is 0.333. The Morgan fingerprint density at radius 3 is 1.97 bits per heavy atom. The molecule has 0 fully saturated rings. The predicted octanol–water partition coefficient (Wildman–Crippen LogP) is 2.54. The van der Waals surface area contributed by atoms with Crippen molar-refractivity contribution in [2.45, 2.75) is 48.2 Å². The summed E-state index contributed by atoms with van der Waals surface area (Å²) in [6.45, 7) is 0. The van der Waals surface area contributed by atoms with E-state index in [0.29, 0.717) is 29.7 Å². The van der Waals surface area contributed by atoms with Crippen LogP contribution in [0.15, 0.2) is 71.1 Å². The SMILES string of the molecule is O=C(O)[C@@]1(O)C[C@@H](O)[C@H](O)C2=C1CC(Cc1ccccc1)(Cc1ccccc1)S2. The molecular weight excluding hydrogens is 388 g/mol. The lowest BCUT2D eigenvalue weighted by Crippen LogP contribution is -2.50. The van der Waals surface area contributed by atoms with E-state index in [9.17, 15) is 25.2 Å². The van der Waals surface area contributed by atoms with Gasteiger partial charge in [-0.1, -0.05) is 60.7 Å². The van der Waals surface area contributed by atoms with Crippen LogP contribution in [0.1, 0.15) is 24.0 Å². The highest BCUT2D eigenvalue weighted by molar-refractivity contribution is 8.04. The summed E-state index contributed by atoms with van der Waals surface area (Å²) in [5.41, 5.74) is 0.379. The van der Waals surface area contributed by atoms with Gasteiger partial charge in [-0.3, -0.25) is 0 Å². The lowest BCUT2D eigenvalue weighted by atomic mass is 9.75. The number of hydrogen-bond acceptors (Lipinski definition) is 5. The van der Waals surface area contributed by atoms with E-state index in [1.54, 1.807) is 0 Å². The molecule has 6 heteroatoms. The maximum absolute atomic E-state index is 11.9. The molecule has 5 nitrogen and oxygen atoms in total. The van der Waals surface area contributed by atoms with Crippen LogP contribution < -0.4 is 0 Å². The summed E-state index contributed by atoms with van der Waals surface area (Å²) in [6.07, 6.45) is -1.26. The first-order chi connectivity index (χ1) is 13.8. The van der Waals surface area contributed by atoms with Gasteiger partial charge in [0, 0.05) is 16.1 Å². The molecule has 29 heavy (non-hydrogen) atoms. The predicted molar refractivity (Wildman–Crippen MR) is 111 cm³/mol. The van der Waals surface area contributed by atoms with E-state index in [2.05, 4.69) is 0 Å². The first kappa shape index (κ1) is 20.2. The lowest BCUT2D eigenvalue weighted by molar-refractivity contribution is -0.160. The summed E-state index contributed by atoms with van der Waals surface area (Å²) in [7, 11) is 0. The highest BCUT2D eigenvalue weighted by Crippen LogP contribution is 2.56. The molecule has 2 aromatic carbocycles. The molecule has 1 aliphatic heterocycles. The van der Waals surface area contributed by atoms with Crippen LogP contribution >= 0.6 is 11.8 Å². The fourth-order valence-electron chi connectivity index (χ4n) is 4.45. The van der Waals surface area contributed by atoms with Crippen LogP contribution in [-0.4, -0.2) is 49.0 Å². The van der Waals surface area contributed by atoms with Crippen LogP contribution in [0.5, 0.6) is 0 Å². The number of thioether (sulfide) groups is 1. The molecule has 0 saturated carbocycles. The third-order valence-electron chi connectivity index (χ3n) is 5.85. The maximum Gasteiger partial charge on any atom is 0.340 e. The van der Waals surface area contributed by atoms with Crippen LogP contribution in [0.2, 0.25) is 0 Å². The molecule has 3 atom stereocenters. The van der Waals surface area contributed by atoms with E-state index >= 15 is 0 Å². The summed E-state index contributed by atoms with van der Waals surface area (Å²) in [5.74, 6) is -1.38. The van der Waals surface area contributed by atoms with Gasteiger partial charge in [0.25, 0.3) is 0 Å². The van der Waals surface area contributed by atoms with Gasteiger partial charge in [0.1, 0.15) is 6.10 Å². The zero-order valence-electron chi connectivity index (χ0n) is 15.9. The number of hydrogen-bond donors (Lipinski definition) is 4. The Hall–Kier alpha value is -2.12. The van der Waals surface area contributed by atoms with Gasteiger partial charge in [-0.05, 0) is 36.0 Å². The highest BCUT2D eigenvalue weighted by Gasteiger charge is 2.56. The number of aliphatic carboxylic acids is 1. The van der Waals surface area contributed by atoms with Crippen molar-refractivity contribution in [2.75, 3.05) is 0 Å². The first-order valence-electron chi connectivity index (χ1n) is 9.65. The number of carbonyl (C=O) groups is 1. The van der Waals surface area contributed by atoms with Crippen molar-refractivity contribution in [1.29, 1.82) is 0 Å². The Bertz CT molecular complexity index is 885.